The molecule has 0 aromatic carbocycles. The smallest absolute Gasteiger partial charge is 0.335 e. The van der Waals surface area contributed by atoms with Gasteiger partial charge in [-0.15, -0.1) is 0 Å². The standard InChI is InChI=1S/C24H43N3O8.C24H32O4/c1-23(2,12-21(33)26-18(13-29)11-19(31)14-30)16-35-17-24(3,4)15-25-20(32)8-9-27(5)22(34)7-6-10-28;1-22-10-7-17(25)13-16(22)4-5-20-19(22)8-11-23(2)18(9-12-24(20,23)27)15-3-6-21(26)28-14-15/h6-7,10,18-19,29-31H,8-9,11-17H2,1-5H3,(H,25,32)(H,26,33);3,6,13-14,17-20,25,27H,4-5,7-12H2,1-2H3/b7-6-;. The number of ether oxygens (including phenoxy) is 1. The van der Waals surface area contributed by atoms with Crippen molar-refractivity contribution in [1.82, 2.24) is 15.5 Å². The van der Waals surface area contributed by atoms with Crippen LogP contribution >= 0.6 is 0 Å². The maximum absolute atomic E-state index is 12.3. The number of hydrogen-bond acceptors (Lipinski definition) is 12. The van der Waals surface area contributed by atoms with Gasteiger partial charge >= 0.3 is 5.63 Å². The summed E-state index contributed by atoms with van der Waals surface area (Å²) in [5.41, 5.74) is 0.584. The Labute approximate surface area is 372 Å². The van der Waals surface area contributed by atoms with E-state index in [1.807, 2.05) is 33.8 Å². The van der Waals surface area contributed by atoms with Crippen molar-refractivity contribution in [2.24, 2.45) is 33.5 Å². The third kappa shape index (κ3) is 13.2. The van der Waals surface area contributed by atoms with E-state index in [-0.39, 0.29) is 84.0 Å². The first-order valence-corrected chi connectivity index (χ1v) is 22.6. The maximum Gasteiger partial charge on any atom is 0.335 e. The van der Waals surface area contributed by atoms with E-state index in [2.05, 4.69) is 30.6 Å². The van der Waals surface area contributed by atoms with Gasteiger partial charge in [0.15, 0.2) is 0 Å². The minimum absolute atomic E-state index is 0.0550. The molecule has 3 saturated carbocycles. The van der Waals surface area contributed by atoms with Crippen LogP contribution in [0.4, 0.5) is 0 Å². The van der Waals surface area contributed by atoms with Crippen LogP contribution in [0.25, 0.3) is 0 Å². The molecular weight excluding hydrogens is 811 g/mol. The van der Waals surface area contributed by atoms with Crippen molar-refractivity contribution in [3.8, 4) is 0 Å². The molecule has 63 heavy (non-hydrogen) atoms. The summed E-state index contributed by atoms with van der Waals surface area (Å²) in [4.78, 5) is 59.2. The summed E-state index contributed by atoms with van der Waals surface area (Å²) >= 11 is 0. The van der Waals surface area contributed by atoms with E-state index in [0.29, 0.717) is 37.9 Å². The van der Waals surface area contributed by atoms with Crippen LogP contribution in [0.15, 0.2) is 51.4 Å². The summed E-state index contributed by atoms with van der Waals surface area (Å²) in [5.74, 6) is 0.179. The monoisotopic (exact) mass is 886 g/mol. The van der Waals surface area contributed by atoms with Gasteiger partial charge in [0.1, 0.15) is 6.29 Å². The van der Waals surface area contributed by atoms with Crippen LogP contribution in [-0.4, -0.2) is 125 Å². The summed E-state index contributed by atoms with van der Waals surface area (Å²) in [6, 6.07) is 2.76. The van der Waals surface area contributed by atoms with Gasteiger partial charge in [0.2, 0.25) is 17.7 Å². The molecule has 1 aromatic rings. The average molecular weight is 886 g/mol. The predicted molar refractivity (Wildman–Crippen MR) is 237 cm³/mol. The van der Waals surface area contributed by atoms with Crippen LogP contribution in [0.3, 0.4) is 0 Å². The minimum Gasteiger partial charge on any atom is -0.431 e. The molecule has 0 aliphatic heterocycles. The van der Waals surface area contributed by atoms with Crippen LogP contribution < -0.4 is 16.3 Å². The molecule has 9 unspecified atom stereocenters. The number of fused-ring (bicyclic) bond motifs is 5. The number of hydrogen-bond donors (Lipinski definition) is 7. The van der Waals surface area contributed by atoms with E-state index in [9.17, 15) is 44.4 Å². The van der Waals surface area contributed by atoms with Gasteiger partial charge in [-0.05, 0) is 104 Å². The highest BCUT2D eigenvalue weighted by molar-refractivity contribution is 5.91. The predicted octanol–water partition coefficient (Wildman–Crippen LogP) is 3.55. The lowest BCUT2D eigenvalue weighted by Gasteiger charge is -2.61. The van der Waals surface area contributed by atoms with Gasteiger partial charge in [-0.2, -0.15) is 0 Å². The van der Waals surface area contributed by atoms with Crippen molar-refractivity contribution in [2.75, 3.05) is 46.6 Å². The molecule has 9 atom stereocenters. The lowest BCUT2D eigenvalue weighted by atomic mass is 9.45. The van der Waals surface area contributed by atoms with E-state index in [1.165, 1.54) is 16.5 Å². The second kappa shape index (κ2) is 22.0. The fourth-order valence-corrected chi connectivity index (χ4v) is 10.8. The van der Waals surface area contributed by atoms with Crippen LogP contribution in [0.1, 0.15) is 124 Å². The van der Waals surface area contributed by atoms with E-state index >= 15 is 0 Å². The summed E-state index contributed by atoms with van der Waals surface area (Å²) < 4.78 is 11.0. The van der Waals surface area contributed by atoms with Crippen molar-refractivity contribution < 1.29 is 53.9 Å². The molecule has 5 rings (SSSR count). The number of nitrogens with one attached hydrogen (secondary N) is 2. The molecule has 0 bridgehead atoms. The Morgan fingerprint density at radius 1 is 0.984 bits per heavy atom. The lowest BCUT2D eigenvalue weighted by molar-refractivity contribution is -0.178. The van der Waals surface area contributed by atoms with Gasteiger partial charge in [0.05, 0.1) is 56.5 Å². The fraction of sp³-hybridized carbons (Fsp3) is 0.729. The van der Waals surface area contributed by atoms with Crippen LogP contribution in [0, 0.1) is 33.5 Å². The topological polar surface area (TPSA) is 236 Å². The first-order valence-electron chi connectivity index (χ1n) is 22.6. The third-order valence-electron chi connectivity index (χ3n) is 14.5. The van der Waals surface area contributed by atoms with E-state index < -0.39 is 29.8 Å². The Bertz CT molecular complexity index is 1820. The molecule has 0 saturated heterocycles. The number of aldehydes is 1. The zero-order valence-corrected chi connectivity index (χ0v) is 38.6. The quantitative estimate of drug-likeness (QED) is 0.0601. The molecule has 1 aromatic heterocycles. The van der Waals surface area contributed by atoms with Gasteiger partial charge < -0.3 is 50.2 Å². The van der Waals surface area contributed by atoms with Crippen molar-refractivity contribution in [3.05, 3.63) is 58.2 Å². The molecule has 3 fully saturated rings. The van der Waals surface area contributed by atoms with E-state index in [4.69, 9.17) is 14.3 Å². The largest absolute Gasteiger partial charge is 0.431 e. The molecular formula is C48H75N3O12. The van der Waals surface area contributed by atoms with Gasteiger partial charge in [-0.25, -0.2) is 4.79 Å². The van der Waals surface area contributed by atoms with Crippen LogP contribution in [0.2, 0.25) is 0 Å². The van der Waals surface area contributed by atoms with Crippen molar-refractivity contribution in [1.29, 1.82) is 0 Å². The summed E-state index contributed by atoms with van der Waals surface area (Å²) in [5, 5.41) is 55.5. The summed E-state index contributed by atoms with van der Waals surface area (Å²) in [6.07, 6.45) is 13.3. The van der Waals surface area contributed by atoms with Gasteiger partial charge in [0.25, 0.3) is 0 Å². The highest BCUT2D eigenvalue weighted by Gasteiger charge is 2.66. The van der Waals surface area contributed by atoms with Crippen LogP contribution in [-0.2, 0) is 23.9 Å². The second-order valence-corrected chi connectivity index (χ2v) is 20.6. The highest BCUT2D eigenvalue weighted by Crippen LogP contribution is 2.70. The molecule has 4 aliphatic carbocycles. The third-order valence-corrected chi connectivity index (χ3v) is 14.5. The molecule has 0 spiro atoms. The molecule has 4 aliphatic rings. The Morgan fingerprint density at radius 3 is 2.35 bits per heavy atom. The number of likely N-dealkylation sites (N-methyl/N-ethyl adjacent to an activating group) is 1. The Kier molecular flexibility index (Phi) is 18.1. The Hall–Kier alpha value is -3.73. The first-order chi connectivity index (χ1) is 29.5. The lowest BCUT2D eigenvalue weighted by Crippen LogP contribution is -2.60. The first kappa shape index (κ1) is 51.9. The van der Waals surface area contributed by atoms with Crippen molar-refractivity contribution in [3.63, 3.8) is 0 Å². The van der Waals surface area contributed by atoms with Crippen molar-refractivity contribution in [2.45, 2.75) is 142 Å². The fourth-order valence-electron chi connectivity index (χ4n) is 10.8. The average Bonchev–Trinajstić information content (AvgIpc) is 3.51. The number of aliphatic hydroxyl groups is 5. The SMILES string of the molecule is CC12CCC(O)C=C1CCC1C2CCC2(C)C(c3ccc(=O)oc3)CCC12O.CN(CCC(=O)NCC(C)(C)COCC(C)(C)CC(=O)NC(CO)CC(O)CO)C(=O)/C=C\C=O. The molecule has 1 heterocycles. The molecule has 354 valence electrons. The molecule has 3 amide bonds. The zero-order chi connectivity index (χ0) is 46.8. The number of aliphatic hydroxyl groups excluding tert-OH is 4. The molecule has 15 nitrogen and oxygen atoms in total. The second-order valence-electron chi connectivity index (χ2n) is 20.6. The Balaban J connectivity index is 0.000000281. The minimum atomic E-state index is -1.01. The molecule has 15 heteroatoms. The van der Waals surface area contributed by atoms with Gasteiger partial charge in [-0.1, -0.05) is 53.2 Å². The number of allylic oxidation sites excluding steroid dienone is 2. The maximum atomic E-state index is 12.3. The van der Waals surface area contributed by atoms with E-state index in [1.54, 1.807) is 13.3 Å². The molecule has 7 N–H and O–H groups in total. The highest BCUT2D eigenvalue weighted by atomic mass is 16.5. The van der Waals surface area contributed by atoms with Gasteiger partial charge in [0, 0.05) is 56.0 Å². The molecule has 0 radical (unpaired) electrons. The Morgan fingerprint density at radius 2 is 1.70 bits per heavy atom. The number of rotatable bonds is 19. The zero-order valence-electron chi connectivity index (χ0n) is 38.6. The number of carbonyl (C=O) groups excluding carboxylic acids is 4. The number of nitrogens with zero attached hydrogens (tertiary/aromatic N) is 1. The summed E-state index contributed by atoms with van der Waals surface area (Å²) in [7, 11) is 1.55. The normalized spacial score (nSPS) is 28.9. The summed E-state index contributed by atoms with van der Waals surface area (Å²) in [6.45, 7) is 12.7. The van der Waals surface area contributed by atoms with Crippen LogP contribution in [0.5, 0.6) is 0 Å². The van der Waals surface area contributed by atoms with Crippen molar-refractivity contribution >= 4 is 24.0 Å². The van der Waals surface area contributed by atoms with E-state index in [0.717, 1.165) is 69.1 Å². The van der Waals surface area contributed by atoms with Gasteiger partial charge in [-0.3, -0.25) is 19.2 Å². The number of carbonyl (C=O) groups is 4. The number of amides is 3.